The summed E-state index contributed by atoms with van der Waals surface area (Å²) in [6, 6.07) is 5.76. The van der Waals surface area contributed by atoms with Gasteiger partial charge in [0.2, 0.25) is 0 Å². The van der Waals surface area contributed by atoms with Crippen LogP contribution in [0.3, 0.4) is 0 Å². The van der Waals surface area contributed by atoms with Crippen LogP contribution in [0.5, 0.6) is 5.75 Å². The van der Waals surface area contributed by atoms with Crippen molar-refractivity contribution in [2.75, 3.05) is 18.4 Å². The summed E-state index contributed by atoms with van der Waals surface area (Å²) < 4.78 is 45.8. The van der Waals surface area contributed by atoms with Crippen molar-refractivity contribution < 1.29 is 27.4 Å². The van der Waals surface area contributed by atoms with Crippen LogP contribution in [-0.2, 0) is 4.74 Å². The molecule has 1 aliphatic heterocycles. The van der Waals surface area contributed by atoms with Gasteiger partial charge < -0.3 is 19.7 Å². The fraction of sp³-hybridized carbons (Fsp3) is 0.611. The number of alkyl halides is 3. The maximum Gasteiger partial charge on any atom is 0.573 e. The van der Waals surface area contributed by atoms with Crippen molar-refractivity contribution >= 4 is 11.8 Å². The van der Waals surface area contributed by atoms with Gasteiger partial charge in [-0.1, -0.05) is 6.92 Å². The minimum atomic E-state index is -4.70. The maximum atomic E-state index is 12.2. The summed E-state index contributed by atoms with van der Waals surface area (Å²) >= 11 is 0. The van der Waals surface area contributed by atoms with Crippen LogP contribution in [0, 0.1) is 5.92 Å². The molecule has 0 saturated carbocycles. The predicted molar refractivity (Wildman–Crippen MR) is 92.1 cm³/mol. The van der Waals surface area contributed by atoms with E-state index in [4.69, 9.17) is 4.74 Å². The first kappa shape index (κ1) is 20.2. The number of carbonyl (C=O) groups is 1. The monoisotopic (exact) mass is 374 g/mol. The van der Waals surface area contributed by atoms with Gasteiger partial charge in [-0.15, -0.1) is 13.2 Å². The molecule has 26 heavy (non-hydrogen) atoms. The standard InChI is InChI=1S/C18H25F3N2O3/c1-12-11-23(16(24)26-17(2,3)4)10-9-15(12)22-13-5-7-14(8-6-13)25-18(19,20)21/h5-8,12,15,22H,9-11H2,1-4H3/t12-,15+/m0/s1. The number of benzene rings is 1. The number of hydrogen-bond acceptors (Lipinski definition) is 4. The number of nitrogens with one attached hydrogen (secondary N) is 1. The van der Waals surface area contributed by atoms with Gasteiger partial charge in [0.05, 0.1) is 0 Å². The molecule has 0 unspecified atom stereocenters. The van der Waals surface area contributed by atoms with Crippen LogP contribution in [0.15, 0.2) is 24.3 Å². The number of ether oxygens (including phenoxy) is 2. The molecule has 0 bridgehead atoms. The van der Waals surface area contributed by atoms with Crippen molar-refractivity contribution in [2.45, 2.75) is 52.1 Å². The first-order chi connectivity index (χ1) is 11.9. The third kappa shape index (κ3) is 6.31. The lowest BCUT2D eigenvalue weighted by Crippen LogP contribution is -2.48. The minimum absolute atomic E-state index is 0.114. The van der Waals surface area contributed by atoms with E-state index in [1.165, 1.54) is 12.1 Å². The smallest absolute Gasteiger partial charge is 0.444 e. The molecule has 2 rings (SSSR count). The number of anilines is 1. The molecule has 1 fully saturated rings. The maximum absolute atomic E-state index is 12.2. The van der Waals surface area contributed by atoms with E-state index in [0.717, 1.165) is 6.42 Å². The average Bonchev–Trinajstić information content (AvgIpc) is 2.48. The van der Waals surface area contributed by atoms with E-state index in [0.29, 0.717) is 18.8 Å². The van der Waals surface area contributed by atoms with Crippen molar-refractivity contribution in [3.05, 3.63) is 24.3 Å². The highest BCUT2D eigenvalue weighted by atomic mass is 19.4. The van der Waals surface area contributed by atoms with Crippen molar-refractivity contribution in [3.63, 3.8) is 0 Å². The molecular weight excluding hydrogens is 349 g/mol. The summed E-state index contributed by atoms with van der Waals surface area (Å²) in [6.45, 7) is 8.63. The predicted octanol–water partition coefficient (Wildman–Crippen LogP) is 4.64. The summed E-state index contributed by atoms with van der Waals surface area (Å²) in [5.74, 6) is -0.0850. The highest BCUT2D eigenvalue weighted by molar-refractivity contribution is 5.68. The van der Waals surface area contributed by atoms with Gasteiger partial charge in [-0.3, -0.25) is 0 Å². The number of carbonyl (C=O) groups excluding carboxylic acids is 1. The zero-order chi connectivity index (χ0) is 19.5. The van der Waals surface area contributed by atoms with E-state index < -0.39 is 12.0 Å². The lowest BCUT2D eigenvalue weighted by atomic mass is 9.94. The number of halogens is 3. The third-order valence-corrected chi connectivity index (χ3v) is 4.00. The SMILES string of the molecule is C[C@H]1CN(C(=O)OC(C)(C)C)CC[C@H]1Nc1ccc(OC(F)(F)F)cc1. The average molecular weight is 374 g/mol. The third-order valence-electron chi connectivity index (χ3n) is 4.00. The molecule has 146 valence electrons. The van der Waals surface area contributed by atoms with Crippen LogP contribution in [0.4, 0.5) is 23.7 Å². The number of likely N-dealkylation sites (tertiary alicyclic amines) is 1. The Hall–Kier alpha value is -2.12. The minimum Gasteiger partial charge on any atom is -0.444 e. The lowest BCUT2D eigenvalue weighted by Gasteiger charge is -2.38. The number of piperidine rings is 1. The molecule has 2 atom stereocenters. The summed E-state index contributed by atoms with van der Waals surface area (Å²) in [5.41, 5.74) is 0.178. The molecule has 1 aromatic carbocycles. The molecule has 1 N–H and O–H groups in total. The fourth-order valence-electron chi connectivity index (χ4n) is 2.82. The highest BCUT2D eigenvalue weighted by Gasteiger charge is 2.32. The van der Waals surface area contributed by atoms with E-state index in [-0.39, 0.29) is 23.8 Å². The van der Waals surface area contributed by atoms with Crippen molar-refractivity contribution in [1.29, 1.82) is 0 Å². The summed E-state index contributed by atoms with van der Waals surface area (Å²) in [4.78, 5) is 13.8. The second-order valence-corrected chi connectivity index (χ2v) is 7.52. The summed E-state index contributed by atoms with van der Waals surface area (Å²) in [7, 11) is 0. The molecule has 1 aliphatic rings. The Kier molecular flexibility index (Phi) is 5.93. The van der Waals surface area contributed by atoms with Crippen molar-refractivity contribution in [2.24, 2.45) is 5.92 Å². The summed E-state index contributed by atoms with van der Waals surface area (Å²) in [6.07, 6.45) is -4.30. The quantitative estimate of drug-likeness (QED) is 0.837. The van der Waals surface area contributed by atoms with Crippen LogP contribution < -0.4 is 10.1 Å². The highest BCUT2D eigenvalue weighted by Crippen LogP contribution is 2.26. The summed E-state index contributed by atoms with van der Waals surface area (Å²) in [5, 5.41) is 3.31. The van der Waals surface area contributed by atoms with E-state index in [1.54, 1.807) is 17.0 Å². The molecule has 5 nitrogen and oxygen atoms in total. The van der Waals surface area contributed by atoms with Gasteiger partial charge in [-0.25, -0.2) is 4.79 Å². The topological polar surface area (TPSA) is 50.8 Å². The zero-order valence-electron chi connectivity index (χ0n) is 15.4. The number of amides is 1. The van der Waals surface area contributed by atoms with Crippen LogP contribution >= 0.6 is 0 Å². The molecule has 0 spiro atoms. The van der Waals surface area contributed by atoms with E-state index >= 15 is 0 Å². The van der Waals surface area contributed by atoms with Crippen molar-refractivity contribution in [3.8, 4) is 5.75 Å². The zero-order valence-corrected chi connectivity index (χ0v) is 15.4. The Morgan fingerprint density at radius 3 is 2.31 bits per heavy atom. The van der Waals surface area contributed by atoms with Gasteiger partial charge in [0.15, 0.2) is 0 Å². The molecule has 8 heteroatoms. The molecule has 1 heterocycles. The Bertz CT molecular complexity index is 612. The molecule has 1 aromatic rings. The first-order valence-electron chi connectivity index (χ1n) is 8.53. The Balaban J connectivity index is 1.89. The van der Waals surface area contributed by atoms with Gasteiger partial charge in [-0.05, 0) is 57.4 Å². The molecular formula is C18H25F3N2O3. The molecule has 1 amide bonds. The van der Waals surface area contributed by atoms with E-state index in [1.807, 2.05) is 27.7 Å². The van der Waals surface area contributed by atoms with Crippen LogP contribution in [-0.4, -0.2) is 42.1 Å². The van der Waals surface area contributed by atoms with E-state index in [2.05, 4.69) is 10.1 Å². The Labute approximate surface area is 151 Å². The number of rotatable bonds is 3. The lowest BCUT2D eigenvalue weighted by molar-refractivity contribution is -0.274. The Morgan fingerprint density at radius 2 is 1.81 bits per heavy atom. The van der Waals surface area contributed by atoms with Crippen LogP contribution in [0.25, 0.3) is 0 Å². The van der Waals surface area contributed by atoms with Crippen LogP contribution in [0.2, 0.25) is 0 Å². The molecule has 1 saturated heterocycles. The van der Waals surface area contributed by atoms with Gasteiger partial charge in [0.1, 0.15) is 11.4 Å². The van der Waals surface area contributed by atoms with Gasteiger partial charge in [0, 0.05) is 24.8 Å². The second-order valence-electron chi connectivity index (χ2n) is 7.52. The normalized spacial score (nSPS) is 21.3. The number of hydrogen-bond donors (Lipinski definition) is 1. The molecule has 0 aliphatic carbocycles. The molecule has 0 aromatic heterocycles. The van der Waals surface area contributed by atoms with Gasteiger partial charge >= 0.3 is 12.5 Å². The van der Waals surface area contributed by atoms with E-state index in [9.17, 15) is 18.0 Å². The fourth-order valence-corrected chi connectivity index (χ4v) is 2.82. The van der Waals surface area contributed by atoms with Crippen LogP contribution in [0.1, 0.15) is 34.1 Å². The van der Waals surface area contributed by atoms with Crippen molar-refractivity contribution in [1.82, 2.24) is 4.90 Å². The largest absolute Gasteiger partial charge is 0.573 e. The number of nitrogens with zero attached hydrogens (tertiary/aromatic N) is 1. The first-order valence-corrected chi connectivity index (χ1v) is 8.53. The van der Waals surface area contributed by atoms with Gasteiger partial charge in [0.25, 0.3) is 0 Å². The Morgan fingerprint density at radius 1 is 1.19 bits per heavy atom. The van der Waals surface area contributed by atoms with Gasteiger partial charge in [-0.2, -0.15) is 0 Å². The molecule has 0 radical (unpaired) electrons. The second kappa shape index (κ2) is 7.63.